The van der Waals surface area contributed by atoms with E-state index < -0.39 is 0 Å². The molecule has 1 atom stereocenters. The van der Waals surface area contributed by atoms with E-state index in [0.717, 1.165) is 29.8 Å². The predicted octanol–water partition coefficient (Wildman–Crippen LogP) is 3.81. The molecular weight excluding hydrogens is 360 g/mol. The molecule has 1 unspecified atom stereocenters. The summed E-state index contributed by atoms with van der Waals surface area (Å²) in [7, 11) is 0. The number of piperidine rings is 1. The van der Waals surface area contributed by atoms with E-state index in [1.165, 1.54) is 0 Å². The average Bonchev–Trinajstić information content (AvgIpc) is 3.23. The first-order valence-corrected chi connectivity index (χ1v) is 9.48. The molecule has 0 bridgehead atoms. The zero-order chi connectivity index (χ0) is 18.6. The maximum Gasteiger partial charge on any atom is 0.244 e. The van der Waals surface area contributed by atoms with Crippen molar-refractivity contribution < 1.29 is 4.79 Å². The minimum atomic E-state index is -0.194. The number of halogens is 1. The summed E-state index contributed by atoms with van der Waals surface area (Å²) in [6.45, 7) is 1.35. The zero-order valence-electron chi connectivity index (χ0n) is 14.9. The minimum absolute atomic E-state index is 0.0857. The van der Waals surface area contributed by atoms with Gasteiger partial charge in [-0.25, -0.2) is 4.68 Å². The molecule has 3 aromatic rings. The third-order valence-electron chi connectivity index (χ3n) is 4.84. The van der Waals surface area contributed by atoms with Crippen LogP contribution in [0.25, 0.3) is 5.69 Å². The Balaban J connectivity index is 1.40. The molecule has 1 aliphatic heterocycles. The highest BCUT2D eigenvalue weighted by Gasteiger charge is 2.30. The van der Waals surface area contributed by atoms with Crippen LogP contribution in [0.1, 0.15) is 18.4 Å². The van der Waals surface area contributed by atoms with Crippen molar-refractivity contribution in [2.24, 2.45) is 0 Å². The van der Waals surface area contributed by atoms with E-state index in [2.05, 4.69) is 22.5 Å². The Morgan fingerprint density at radius 2 is 1.93 bits per heavy atom. The third-order valence-corrected chi connectivity index (χ3v) is 5.16. The van der Waals surface area contributed by atoms with E-state index in [1.807, 2.05) is 53.3 Å². The molecule has 4 rings (SSSR count). The van der Waals surface area contributed by atoms with Gasteiger partial charge >= 0.3 is 0 Å². The number of rotatable bonds is 5. The average molecular weight is 381 g/mol. The number of hydrogen-bond donors (Lipinski definition) is 1. The molecule has 0 aliphatic carbocycles. The highest BCUT2D eigenvalue weighted by molar-refractivity contribution is 6.33. The highest BCUT2D eigenvalue weighted by atomic mass is 35.5. The van der Waals surface area contributed by atoms with Crippen LogP contribution in [0.4, 0.5) is 5.69 Å². The number of aromatic nitrogens is 2. The second-order valence-electron chi connectivity index (χ2n) is 6.63. The molecule has 2 aromatic carbocycles. The lowest BCUT2D eigenvalue weighted by atomic mass is 10.0. The van der Waals surface area contributed by atoms with Crippen molar-refractivity contribution in [3.63, 3.8) is 0 Å². The molecule has 138 valence electrons. The van der Waals surface area contributed by atoms with E-state index in [9.17, 15) is 4.79 Å². The van der Waals surface area contributed by atoms with Crippen LogP contribution in [-0.2, 0) is 11.3 Å². The summed E-state index contributed by atoms with van der Waals surface area (Å²) < 4.78 is 1.82. The highest BCUT2D eigenvalue weighted by Crippen LogP contribution is 2.28. The van der Waals surface area contributed by atoms with Gasteiger partial charge in [-0.1, -0.05) is 35.9 Å². The summed E-state index contributed by atoms with van der Waals surface area (Å²) in [4.78, 5) is 14.7. The fraction of sp³-hybridized carbons (Fsp3) is 0.238. The fourth-order valence-corrected chi connectivity index (χ4v) is 3.64. The quantitative estimate of drug-likeness (QED) is 0.732. The Labute approximate surface area is 163 Å². The lowest BCUT2D eigenvalue weighted by Gasteiger charge is -2.33. The van der Waals surface area contributed by atoms with Gasteiger partial charge in [-0.05, 0) is 48.7 Å². The Kier molecular flexibility index (Phi) is 5.23. The van der Waals surface area contributed by atoms with Crippen LogP contribution in [0.3, 0.4) is 0 Å². The molecule has 27 heavy (non-hydrogen) atoms. The van der Waals surface area contributed by atoms with Gasteiger partial charge < -0.3 is 10.2 Å². The second kappa shape index (κ2) is 7.94. The number of hydrogen-bond acceptors (Lipinski definition) is 3. The topological polar surface area (TPSA) is 50.2 Å². The summed E-state index contributed by atoms with van der Waals surface area (Å²) >= 11 is 6.28. The number of nitrogens with one attached hydrogen (secondary N) is 1. The van der Waals surface area contributed by atoms with Crippen molar-refractivity contribution in [2.75, 3.05) is 11.4 Å². The molecule has 0 saturated carbocycles. The first-order valence-electron chi connectivity index (χ1n) is 9.10. The van der Waals surface area contributed by atoms with Crippen molar-refractivity contribution >= 4 is 23.2 Å². The summed E-state index contributed by atoms with van der Waals surface area (Å²) in [5.41, 5.74) is 2.94. The number of benzene rings is 2. The lowest BCUT2D eigenvalue weighted by Crippen LogP contribution is -2.50. The van der Waals surface area contributed by atoms with Crippen LogP contribution < -0.4 is 10.2 Å². The normalized spacial score (nSPS) is 17.3. The molecule has 5 nitrogen and oxygen atoms in total. The van der Waals surface area contributed by atoms with Crippen LogP contribution in [0, 0.1) is 0 Å². The van der Waals surface area contributed by atoms with Gasteiger partial charge in [0.25, 0.3) is 0 Å². The molecular formula is C21H21ClN4O. The molecule has 1 saturated heterocycles. The molecule has 1 amide bonds. The molecule has 1 N–H and O–H groups in total. The zero-order valence-corrected chi connectivity index (χ0v) is 15.6. The maximum absolute atomic E-state index is 12.9. The van der Waals surface area contributed by atoms with E-state index in [1.54, 1.807) is 11.1 Å². The molecule has 6 heteroatoms. The molecule has 0 spiro atoms. The van der Waals surface area contributed by atoms with Gasteiger partial charge in [-0.2, -0.15) is 5.10 Å². The molecule has 2 heterocycles. The van der Waals surface area contributed by atoms with E-state index in [-0.39, 0.29) is 11.9 Å². The first-order chi connectivity index (χ1) is 13.2. The van der Waals surface area contributed by atoms with Gasteiger partial charge in [-0.3, -0.25) is 4.79 Å². The molecule has 1 fully saturated rings. The fourth-order valence-electron chi connectivity index (χ4n) is 3.40. The van der Waals surface area contributed by atoms with Gasteiger partial charge in [0, 0.05) is 25.5 Å². The van der Waals surface area contributed by atoms with Crippen molar-refractivity contribution in [1.82, 2.24) is 15.1 Å². The number of anilines is 1. The van der Waals surface area contributed by atoms with Crippen molar-refractivity contribution in [3.05, 3.63) is 77.6 Å². The number of para-hydroxylation sites is 1. The number of nitrogens with zero attached hydrogens (tertiary/aromatic N) is 3. The van der Waals surface area contributed by atoms with Crippen LogP contribution in [0.5, 0.6) is 0 Å². The van der Waals surface area contributed by atoms with Gasteiger partial charge in [-0.15, -0.1) is 0 Å². The van der Waals surface area contributed by atoms with Gasteiger partial charge in [0.1, 0.15) is 0 Å². The summed E-state index contributed by atoms with van der Waals surface area (Å²) in [6, 6.07) is 17.4. The van der Waals surface area contributed by atoms with Crippen LogP contribution in [0.2, 0.25) is 5.02 Å². The van der Waals surface area contributed by atoms with E-state index >= 15 is 0 Å². The summed E-state index contributed by atoms with van der Waals surface area (Å²) in [5.74, 6) is 0.0857. The predicted molar refractivity (Wildman–Crippen MR) is 107 cm³/mol. The monoisotopic (exact) mass is 380 g/mol. The standard InChI is InChI=1S/C21H21ClN4O/c22-18-5-1-2-7-20(18)25-13-3-6-19(21(25)27)23-15-16-8-10-17(11-9-16)26-14-4-12-24-26/h1-2,4-5,7-12,14,19,23H,3,6,13,15H2. The number of amides is 1. The molecule has 1 aromatic heterocycles. The van der Waals surface area contributed by atoms with Crippen LogP contribution in [-0.4, -0.2) is 28.3 Å². The Bertz CT molecular complexity index is 908. The molecule has 1 aliphatic rings. The number of carbonyl (C=O) groups is 1. The van der Waals surface area contributed by atoms with Gasteiger partial charge in [0.2, 0.25) is 5.91 Å². The van der Waals surface area contributed by atoms with E-state index in [4.69, 9.17) is 11.6 Å². The lowest BCUT2D eigenvalue weighted by molar-refractivity contribution is -0.121. The van der Waals surface area contributed by atoms with Gasteiger partial charge in [0.05, 0.1) is 22.4 Å². The maximum atomic E-state index is 12.9. The summed E-state index contributed by atoms with van der Waals surface area (Å²) in [5, 5.41) is 8.25. The summed E-state index contributed by atoms with van der Waals surface area (Å²) in [6.07, 6.45) is 5.46. The number of carbonyl (C=O) groups excluding carboxylic acids is 1. The second-order valence-corrected chi connectivity index (χ2v) is 7.04. The first kappa shape index (κ1) is 17.8. The Morgan fingerprint density at radius 1 is 1.11 bits per heavy atom. The van der Waals surface area contributed by atoms with E-state index in [0.29, 0.717) is 18.1 Å². The minimum Gasteiger partial charge on any atom is -0.310 e. The van der Waals surface area contributed by atoms with Gasteiger partial charge in [0.15, 0.2) is 0 Å². The third kappa shape index (κ3) is 3.89. The van der Waals surface area contributed by atoms with Crippen molar-refractivity contribution in [2.45, 2.75) is 25.4 Å². The van der Waals surface area contributed by atoms with Crippen LogP contribution >= 0.6 is 11.6 Å². The smallest absolute Gasteiger partial charge is 0.244 e. The SMILES string of the molecule is O=C1C(NCc2ccc(-n3cccn3)cc2)CCCN1c1ccccc1Cl. The molecule has 0 radical (unpaired) electrons. The Morgan fingerprint density at radius 3 is 2.67 bits per heavy atom. The largest absolute Gasteiger partial charge is 0.310 e. The van der Waals surface area contributed by atoms with Crippen molar-refractivity contribution in [1.29, 1.82) is 0 Å². The Hall–Kier alpha value is -2.63. The van der Waals surface area contributed by atoms with Crippen LogP contribution in [0.15, 0.2) is 67.0 Å². The van der Waals surface area contributed by atoms with Crippen molar-refractivity contribution in [3.8, 4) is 5.69 Å².